The van der Waals surface area contributed by atoms with E-state index >= 15 is 0 Å². The Hall–Kier alpha value is -0.410. The molecule has 6 rings (SSSR count). The molecule has 138 valence electrons. The molecule has 1 aliphatic heterocycles. The third-order valence-corrected chi connectivity index (χ3v) is 10.1. The standard InChI is InChI=1S/C22H32O3/c1-21-8-6-13(23)10-12(21)2-3-14-15(21)7-9-22-11-18-20(25-18)19(24)17(22)5-4-16(14)22/h12-18,20,23H,2-11H2,1H3/t12-,13-,14-,15+,16+,17-,18-,20-,21+,22-/m1/s1. The molecule has 0 amide bonds. The number of fused-ring (bicyclic) bond motifs is 5. The van der Waals surface area contributed by atoms with Crippen LogP contribution >= 0.6 is 0 Å². The number of Topliss-reactive ketones (excluding diaryl/α,β-unsaturated/α-hetero) is 1. The van der Waals surface area contributed by atoms with E-state index in [1.54, 1.807) is 0 Å². The van der Waals surface area contributed by atoms with Crippen molar-refractivity contribution >= 4 is 5.78 Å². The summed E-state index contributed by atoms with van der Waals surface area (Å²) in [5, 5.41) is 10.2. The molecule has 1 spiro atoms. The van der Waals surface area contributed by atoms with Crippen LogP contribution in [0, 0.1) is 40.4 Å². The second kappa shape index (κ2) is 4.90. The highest BCUT2D eigenvalue weighted by Crippen LogP contribution is 2.70. The molecular weight excluding hydrogens is 312 g/mol. The van der Waals surface area contributed by atoms with Gasteiger partial charge >= 0.3 is 0 Å². The number of aliphatic hydroxyl groups is 1. The predicted molar refractivity (Wildman–Crippen MR) is 93.8 cm³/mol. The molecular formula is C22H32O3. The second-order valence-corrected chi connectivity index (χ2v) is 10.7. The number of hydrogen-bond donors (Lipinski definition) is 1. The number of aliphatic hydroxyl groups excluding tert-OH is 1. The van der Waals surface area contributed by atoms with Gasteiger partial charge in [-0.3, -0.25) is 4.79 Å². The monoisotopic (exact) mass is 344 g/mol. The average molecular weight is 344 g/mol. The van der Waals surface area contributed by atoms with Crippen molar-refractivity contribution in [2.24, 2.45) is 40.4 Å². The predicted octanol–water partition coefficient (Wildman–Crippen LogP) is 3.73. The van der Waals surface area contributed by atoms with Crippen molar-refractivity contribution in [2.45, 2.75) is 89.4 Å². The lowest BCUT2D eigenvalue weighted by molar-refractivity contribution is -0.146. The minimum absolute atomic E-state index is 0.0137. The highest BCUT2D eigenvalue weighted by molar-refractivity contribution is 5.90. The lowest BCUT2D eigenvalue weighted by atomic mass is 9.43. The van der Waals surface area contributed by atoms with Gasteiger partial charge in [-0.15, -0.1) is 0 Å². The molecule has 0 unspecified atom stereocenters. The summed E-state index contributed by atoms with van der Waals surface area (Å²) in [6, 6.07) is 0. The Bertz CT molecular complexity index is 616. The van der Waals surface area contributed by atoms with E-state index in [0.29, 0.717) is 22.5 Å². The first-order valence-corrected chi connectivity index (χ1v) is 10.9. The number of ketones is 1. The molecule has 3 nitrogen and oxygen atoms in total. The summed E-state index contributed by atoms with van der Waals surface area (Å²) in [4.78, 5) is 12.8. The number of ether oxygens (including phenoxy) is 1. The molecule has 5 saturated carbocycles. The molecule has 1 N–H and O–H groups in total. The number of hydrogen-bond acceptors (Lipinski definition) is 3. The van der Waals surface area contributed by atoms with Crippen molar-refractivity contribution in [1.29, 1.82) is 0 Å². The van der Waals surface area contributed by atoms with E-state index < -0.39 is 0 Å². The minimum Gasteiger partial charge on any atom is -0.393 e. The molecule has 0 aromatic heterocycles. The van der Waals surface area contributed by atoms with Gasteiger partial charge in [0.05, 0.1) is 12.2 Å². The van der Waals surface area contributed by atoms with Crippen LogP contribution in [-0.2, 0) is 9.53 Å². The Morgan fingerprint density at radius 1 is 1.04 bits per heavy atom. The van der Waals surface area contributed by atoms with Crippen molar-refractivity contribution in [3.8, 4) is 0 Å². The first-order valence-electron chi connectivity index (χ1n) is 10.9. The smallest absolute Gasteiger partial charge is 0.167 e. The van der Waals surface area contributed by atoms with Crippen LogP contribution in [0.15, 0.2) is 0 Å². The Balaban J connectivity index is 1.33. The van der Waals surface area contributed by atoms with Crippen LogP contribution in [0.25, 0.3) is 0 Å². The van der Waals surface area contributed by atoms with Gasteiger partial charge in [-0.1, -0.05) is 6.92 Å². The van der Waals surface area contributed by atoms with Crippen LogP contribution in [0.1, 0.15) is 71.1 Å². The van der Waals surface area contributed by atoms with Crippen molar-refractivity contribution in [1.82, 2.24) is 0 Å². The van der Waals surface area contributed by atoms with E-state index in [1.165, 1.54) is 44.9 Å². The fraction of sp³-hybridized carbons (Fsp3) is 0.955. The summed E-state index contributed by atoms with van der Waals surface area (Å²) in [7, 11) is 0. The van der Waals surface area contributed by atoms with Gasteiger partial charge in [0.2, 0.25) is 0 Å². The van der Waals surface area contributed by atoms with Crippen LogP contribution in [0.3, 0.4) is 0 Å². The minimum atomic E-state index is -0.0552. The Morgan fingerprint density at radius 2 is 1.92 bits per heavy atom. The summed E-state index contributed by atoms with van der Waals surface area (Å²) in [6.45, 7) is 2.55. The van der Waals surface area contributed by atoms with Crippen molar-refractivity contribution in [3.63, 3.8) is 0 Å². The number of epoxide rings is 1. The van der Waals surface area contributed by atoms with Crippen LogP contribution in [0.5, 0.6) is 0 Å². The zero-order chi connectivity index (χ0) is 17.0. The fourth-order valence-corrected chi connectivity index (χ4v) is 8.99. The fourth-order valence-electron chi connectivity index (χ4n) is 8.99. The number of carbonyl (C=O) groups is 1. The summed E-state index contributed by atoms with van der Waals surface area (Å²) in [6.07, 6.45) is 12.3. The molecule has 0 bridgehead atoms. The normalized spacial score (nSPS) is 62.2. The lowest BCUT2D eigenvalue weighted by Crippen LogP contribution is -2.56. The molecule has 1 saturated heterocycles. The van der Waals surface area contributed by atoms with Gasteiger partial charge in [-0.05, 0) is 98.7 Å². The number of carbonyl (C=O) groups excluding carboxylic acids is 1. The summed E-state index contributed by atoms with van der Waals surface area (Å²) >= 11 is 0. The van der Waals surface area contributed by atoms with Crippen LogP contribution in [0.2, 0.25) is 0 Å². The molecule has 25 heavy (non-hydrogen) atoms. The maximum absolute atomic E-state index is 12.8. The van der Waals surface area contributed by atoms with Crippen LogP contribution < -0.4 is 0 Å². The quantitative estimate of drug-likeness (QED) is 0.681. The van der Waals surface area contributed by atoms with Gasteiger partial charge in [0, 0.05) is 5.92 Å². The molecule has 0 radical (unpaired) electrons. The molecule has 5 aliphatic carbocycles. The van der Waals surface area contributed by atoms with Gasteiger partial charge in [-0.2, -0.15) is 0 Å². The maximum atomic E-state index is 12.8. The van der Waals surface area contributed by atoms with Crippen molar-refractivity contribution in [3.05, 3.63) is 0 Å². The van der Waals surface area contributed by atoms with Crippen LogP contribution in [0.4, 0.5) is 0 Å². The van der Waals surface area contributed by atoms with E-state index in [2.05, 4.69) is 6.92 Å². The van der Waals surface area contributed by atoms with Gasteiger partial charge in [0.1, 0.15) is 6.10 Å². The number of rotatable bonds is 0. The molecule has 10 atom stereocenters. The van der Waals surface area contributed by atoms with Gasteiger partial charge < -0.3 is 9.84 Å². The topological polar surface area (TPSA) is 49.8 Å². The molecule has 3 heteroatoms. The van der Waals surface area contributed by atoms with Crippen molar-refractivity contribution < 1.29 is 14.6 Å². The lowest BCUT2D eigenvalue weighted by Gasteiger charge is -2.61. The molecule has 0 aromatic rings. The first kappa shape index (κ1) is 15.6. The Morgan fingerprint density at radius 3 is 2.80 bits per heavy atom. The Labute approximate surface area is 150 Å². The molecule has 0 aromatic carbocycles. The zero-order valence-corrected chi connectivity index (χ0v) is 15.5. The maximum Gasteiger partial charge on any atom is 0.167 e. The third kappa shape index (κ3) is 1.87. The van der Waals surface area contributed by atoms with E-state index in [4.69, 9.17) is 4.74 Å². The Kier molecular flexibility index (Phi) is 3.06. The SMILES string of the molecule is C[C@]12CC[C@@H](O)C[C@H]1CC[C@@H]1[C@@H]2CC[C@]23C[C@H]4O[C@H]4C(=O)[C@H]2CC[C@@H]13. The van der Waals surface area contributed by atoms with E-state index in [0.717, 1.165) is 42.9 Å². The zero-order valence-electron chi connectivity index (χ0n) is 15.5. The third-order valence-electron chi connectivity index (χ3n) is 10.1. The van der Waals surface area contributed by atoms with E-state index in [1.807, 2.05) is 0 Å². The summed E-state index contributed by atoms with van der Waals surface area (Å²) in [5.41, 5.74) is 0.742. The first-order chi connectivity index (χ1) is 12.0. The molecule has 6 fully saturated rings. The summed E-state index contributed by atoms with van der Waals surface area (Å²) < 4.78 is 5.75. The van der Waals surface area contributed by atoms with Crippen molar-refractivity contribution in [2.75, 3.05) is 0 Å². The van der Waals surface area contributed by atoms with E-state index in [9.17, 15) is 9.90 Å². The second-order valence-electron chi connectivity index (χ2n) is 10.7. The molecule has 6 aliphatic rings. The van der Waals surface area contributed by atoms with Crippen LogP contribution in [-0.4, -0.2) is 29.2 Å². The average Bonchev–Trinajstić information content (AvgIpc) is 3.25. The van der Waals surface area contributed by atoms with Gasteiger partial charge in [0.15, 0.2) is 5.78 Å². The highest BCUT2D eigenvalue weighted by Gasteiger charge is 2.69. The summed E-state index contributed by atoms with van der Waals surface area (Å²) in [5.74, 6) is 3.96. The van der Waals surface area contributed by atoms with Gasteiger partial charge in [0.25, 0.3) is 0 Å². The highest BCUT2D eigenvalue weighted by atomic mass is 16.6. The molecule has 1 heterocycles. The van der Waals surface area contributed by atoms with Gasteiger partial charge in [-0.25, -0.2) is 0 Å². The largest absolute Gasteiger partial charge is 0.393 e. The van der Waals surface area contributed by atoms with E-state index in [-0.39, 0.29) is 18.3 Å².